The molecule has 0 heterocycles. The molecule has 154 valence electrons. The van der Waals surface area contributed by atoms with Crippen LogP contribution >= 0.6 is 0 Å². The van der Waals surface area contributed by atoms with Crippen molar-refractivity contribution in [2.75, 3.05) is 0 Å². The molecule has 0 unspecified atom stereocenters. The molecule has 5 nitrogen and oxygen atoms in total. The molecule has 2 aliphatic rings. The number of halogens is 3. The fraction of sp³-hybridized carbons (Fsp3) is 0.238. The Labute approximate surface area is 170 Å². The maximum atomic E-state index is 13.2. The topological polar surface area (TPSA) is 84.2 Å². The van der Waals surface area contributed by atoms with Crippen molar-refractivity contribution in [3.63, 3.8) is 0 Å². The number of carbonyl (C=O) groups excluding carboxylic acids is 1. The predicted octanol–water partition coefficient (Wildman–Crippen LogP) is 4.27. The van der Waals surface area contributed by atoms with Gasteiger partial charge in [0.05, 0.1) is 11.6 Å². The summed E-state index contributed by atoms with van der Waals surface area (Å²) in [6, 6.07) is 10.6. The number of ketones is 1. The Balaban J connectivity index is 1.81. The molecule has 0 saturated heterocycles. The van der Waals surface area contributed by atoms with Gasteiger partial charge in [-0.2, -0.15) is 26.9 Å². The molecule has 0 N–H and O–H groups in total. The Morgan fingerprint density at radius 3 is 2.40 bits per heavy atom. The smallest absolute Gasteiger partial charge is 0.376 e. The van der Waals surface area contributed by atoms with Gasteiger partial charge in [-0.05, 0) is 59.0 Å². The van der Waals surface area contributed by atoms with Crippen molar-refractivity contribution in [1.82, 2.24) is 0 Å². The molecule has 0 aliphatic heterocycles. The maximum Gasteiger partial charge on any atom is 0.534 e. The number of Topliss-reactive ketones (excluding diaryl/α,β-unsaturated/α-hetero) is 1. The quantitative estimate of drug-likeness (QED) is 0.522. The summed E-state index contributed by atoms with van der Waals surface area (Å²) in [5.74, 6) is -0.814. The van der Waals surface area contributed by atoms with Gasteiger partial charge in [-0.15, -0.1) is 0 Å². The standard InChI is InChI=1S/C21H14F3NO4S/c1-20(2)16-9-13(29-30(27,28)21(22,23)24)4-6-15(16)19(26)18-14-5-3-11(10-25)7-12(14)8-17(18)20/h3-7,9H,8H2,1-2H3. The molecule has 2 aliphatic carbocycles. The van der Waals surface area contributed by atoms with Crippen LogP contribution in [0.3, 0.4) is 0 Å². The lowest BCUT2D eigenvalue weighted by Gasteiger charge is -2.34. The van der Waals surface area contributed by atoms with Crippen molar-refractivity contribution < 1.29 is 30.6 Å². The zero-order valence-corrected chi connectivity index (χ0v) is 16.6. The molecular formula is C21H14F3NO4S. The number of alkyl halides is 3. The van der Waals surface area contributed by atoms with Crippen LogP contribution in [0.15, 0.2) is 42.0 Å². The van der Waals surface area contributed by atoms with Crippen molar-refractivity contribution in [3.05, 3.63) is 69.8 Å². The van der Waals surface area contributed by atoms with Crippen LogP contribution in [0.25, 0.3) is 5.57 Å². The number of hydrogen-bond acceptors (Lipinski definition) is 5. The minimum absolute atomic E-state index is 0.271. The highest BCUT2D eigenvalue weighted by Gasteiger charge is 2.49. The lowest BCUT2D eigenvalue weighted by molar-refractivity contribution is -0.0500. The van der Waals surface area contributed by atoms with E-state index in [2.05, 4.69) is 10.3 Å². The largest absolute Gasteiger partial charge is 0.534 e. The average Bonchev–Trinajstić information content (AvgIpc) is 3.05. The number of benzene rings is 2. The third-order valence-electron chi connectivity index (χ3n) is 5.55. The van der Waals surface area contributed by atoms with E-state index in [1.807, 2.05) is 13.8 Å². The van der Waals surface area contributed by atoms with Gasteiger partial charge in [-0.1, -0.05) is 19.9 Å². The summed E-state index contributed by atoms with van der Waals surface area (Å²) < 4.78 is 65.0. The van der Waals surface area contributed by atoms with Gasteiger partial charge in [0.2, 0.25) is 0 Å². The Morgan fingerprint density at radius 1 is 1.10 bits per heavy atom. The highest BCUT2D eigenvalue weighted by atomic mass is 32.2. The number of rotatable bonds is 2. The lowest BCUT2D eigenvalue weighted by atomic mass is 9.68. The first-order chi connectivity index (χ1) is 13.9. The molecule has 0 atom stereocenters. The molecule has 0 spiro atoms. The fourth-order valence-corrected chi connectivity index (χ4v) is 4.50. The number of fused-ring (bicyclic) bond motifs is 3. The van der Waals surface area contributed by atoms with Gasteiger partial charge < -0.3 is 4.18 Å². The summed E-state index contributed by atoms with van der Waals surface area (Å²) in [4.78, 5) is 13.2. The molecule has 30 heavy (non-hydrogen) atoms. The molecule has 0 aromatic heterocycles. The second kappa shape index (κ2) is 6.19. The molecule has 0 saturated carbocycles. The fourth-order valence-electron chi connectivity index (χ4n) is 4.05. The van der Waals surface area contributed by atoms with Crippen LogP contribution in [-0.2, 0) is 22.0 Å². The number of hydrogen-bond donors (Lipinski definition) is 0. The zero-order chi connectivity index (χ0) is 22.1. The van der Waals surface area contributed by atoms with Crippen LogP contribution in [0.4, 0.5) is 13.2 Å². The highest BCUT2D eigenvalue weighted by Crippen LogP contribution is 2.50. The normalized spacial score (nSPS) is 17.1. The summed E-state index contributed by atoms with van der Waals surface area (Å²) in [6.45, 7) is 3.62. The van der Waals surface area contributed by atoms with Gasteiger partial charge in [-0.3, -0.25) is 4.79 Å². The van der Waals surface area contributed by atoms with Crippen LogP contribution in [0.2, 0.25) is 0 Å². The van der Waals surface area contributed by atoms with Crippen molar-refractivity contribution in [2.24, 2.45) is 0 Å². The van der Waals surface area contributed by atoms with Crippen LogP contribution in [-0.4, -0.2) is 19.7 Å². The molecular weight excluding hydrogens is 419 g/mol. The van der Waals surface area contributed by atoms with Gasteiger partial charge in [0, 0.05) is 16.6 Å². The molecule has 2 aromatic carbocycles. The lowest BCUT2D eigenvalue weighted by Crippen LogP contribution is -2.31. The number of nitriles is 1. The minimum Gasteiger partial charge on any atom is -0.376 e. The van der Waals surface area contributed by atoms with Crippen LogP contribution < -0.4 is 4.18 Å². The SMILES string of the molecule is CC1(C)C2=C(C(=O)c3ccc(OS(=O)(=O)C(F)(F)F)cc31)c1ccc(C#N)cc1C2. The second-order valence-corrected chi connectivity index (χ2v) is 9.20. The molecule has 2 aromatic rings. The van der Waals surface area contributed by atoms with Gasteiger partial charge in [-0.25, -0.2) is 0 Å². The van der Waals surface area contributed by atoms with Crippen LogP contribution in [0.1, 0.15) is 46.5 Å². The number of nitrogens with zero attached hydrogens (tertiary/aromatic N) is 1. The Morgan fingerprint density at radius 2 is 1.77 bits per heavy atom. The van der Waals surface area contributed by atoms with Crippen molar-refractivity contribution >= 4 is 21.5 Å². The van der Waals surface area contributed by atoms with Crippen molar-refractivity contribution in [3.8, 4) is 11.8 Å². The number of carbonyl (C=O) groups is 1. The second-order valence-electron chi connectivity index (χ2n) is 7.66. The maximum absolute atomic E-state index is 13.2. The van der Waals surface area contributed by atoms with E-state index in [1.54, 1.807) is 18.2 Å². The van der Waals surface area contributed by atoms with Crippen molar-refractivity contribution in [2.45, 2.75) is 31.2 Å². The zero-order valence-electron chi connectivity index (χ0n) is 15.8. The van der Waals surface area contributed by atoms with Crippen LogP contribution in [0, 0.1) is 11.3 Å². The molecule has 0 bridgehead atoms. The number of allylic oxidation sites excluding steroid dienone is 2. The van der Waals surface area contributed by atoms with Gasteiger partial charge in [0.1, 0.15) is 5.75 Å². The van der Waals surface area contributed by atoms with Gasteiger partial charge >= 0.3 is 15.6 Å². The van der Waals surface area contributed by atoms with E-state index in [0.29, 0.717) is 23.1 Å². The first-order valence-electron chi connectivity index (χ1n) is 8.84. The van der Waals surface area contributed by atoms with Gasteiger partial charge in [0.25, 0.3) is 0 Å². The molecule has 0 radical (unpaired) electrons. The van der Waals surface area contributed by atoms with Gasteiger partial charge in [0.15, 0.2) is 5.78 Å². The Kier molecular flexibility index (Phi) is 4.16. The minimum atomic E-state index is -5.82. The summed E-state index contributed by atoms with van der Waals surface area (Å²) in [6.07, 6.45) is 0.407. The molecule has 0 amide bonds. The van der Waals surface area contributed by atoms with E-state index in [0.717, 1.165) is 22.8 Å². The Hall–Kier alpha value is -3.12. The Bertz CT molecular complexity index is 1300. The molecule has 9 heteroatoms. The van der Waals surface area contributed by atoms with E-state index >= 15 is 0 Å². The van der Waals surface area contributed by atoms with E-state index in [9.17, 15) is 26.4 Å². The van der Waals surface area contributed by atoms with E-state index in [1.165, 1.54) is 12.1 Å². The van der Waals surface area contributed by atoms with E-state index in [4.69, 9.17) is 5.26 Å². The summed E-state index contributed by atoms with van der Waals surface area (Å²) >= 11 is 0. The monoisotopic (exact) mass is 433 g/mol. The molecule has 4 rings (SSSR count). The van der Waals surface area contributed by atoms with E-state index < -0.39 is 26.8 Å². The first-order valence-corrected chi connectivity index (χ1v) is 10.2. The summed E-state index contributed by atoms with van der Waals surface area (Å²) in [5, 5.41) is 9.13. The van der Waals surface area contributed by atoms with Crippen molar-refractivity contribution in [1.29, 1.82) is 5.26 Å². The summed E-state index contributed by atoms with van der Waals surface area (Å²) in [7, 11) is -5.82. The molecule has 0 fully saturated rings. The third-order valence-corrected chi connectivity index (χ3v) is 6.53. The average molecular weight is 433 g/mol. The first kappa shape index (κ1) is 20.2. The van der Waals surface area contributed by atoms with Crippen LogP contribution in [0.5, 0.6) is 5.75 Å². The predicted molar refractivity (Wildman–Crippen MR) is 101 cm³/mol. The highest BCUT2D eigenvalue weighted by molar-refractivity contribution is 7.88. The summed E-state index contributed by atoms with van der Waals surface area (Å²) in [5.41, 5.74) is -2.38. The third kappa shape index (κ3) is 2.82. The van der Waals surface area contributed by atoms with E-state index in [-0.39, 0.29) is 11.3 Å².